The number of hydrogen-bond acceptors (Lipinski definition) is 3. The smallest absolute Gasteiger partial charge is 0.238 e. The molecule has 0 aliphatic carbocycles. The Balaban J connectivity index is 1.32. The molecule has 4 aromatic heterocycles. The third-order valence-electron chi connectivity index (χ3n) is 11.3. The molecule has 0 spiro atoms. The van der Waals surface area contributed by atoms with E-state index in [9.17, 15) is 0 Å². The molecule has 0 N–H and O–H groups in total. The standard InChI is InChI=1S/C51H32N6/c1-4-18-33(19-5-1)49-52-50(34-20-6-2-7-21-34)54-51(53-49)57-43-30-16-12-26-38(43)40-32-45(56-41-28-14-10-24-36(41)37-25-11-15-29-42(37)56)48-46(47(40)57)39-27-13-17-31-44(39)55(48)35-22-8-3-9-23-35/h1-32H. The Hall–Kier alpha value is -7.83. The van der Waals surface area contributed by atoms with Gasteiger partial charge in [0.05, 0.1) is 38.8 Å². The minimum Gasteiger partial charge on any atom is -0.307 e. The van der Waals surface area contributed by atoms with E-state index in [1.165, 1.54) is 10.8 Å². The van der Waals surface area contributed by atoms with E-state index in [2.05, 4.69) is 171 Å². The van der Waals surface area contributed by atoms with Crippen LogP contribution >= 0.6 is 0 Å². The van der Waals surface area contributed by atoms with Crippen LogP contribution in [0.2, 0.25) is 0 Å². The van der Waals surface area contributed by atoms with Crippen LogP contribution in [-0.2, 0) is 0 Å². The van der Waals surface area contributed by atoms with Crippen molar-refractivity contribution in [2.75, 3.05) is 0 Å². The molecule has 6 heteroatoms. The highest BCUT2D eigenvalue weighted by Crippen LogP contribution is 2.46. The van der Waals surface area contributed by atoms with Crippen LogP contribution in [-0.4, -0.2) is 28.7 Å². The zero-order valence-electron chi connectivity index (χ0n) is 30.7. The maximum Gasteiger partial charge on any atom is 0.238 e. The van der Waals surface area contributed by atoms with Crippen LogP contribution in [0.5, 0.6) is 0 Å². The molecular formula is C51H32N6. The van der Waals surface area contributed by atoms with Gasteiger partial charge in [0.1, 0.15) is 0 Å². The minimum atomic E-state index is 0.566. The summed E-state index contributed by atoms with van der Waals surface area (Å²) in [5, 5.41) is 6.96. The lowest BCUT2D eigenvalue weighted by atomic mass is 10.1. The van der Waals surface area contributed by atoms with Gasteiger partial charge in [-0.15, -0.1) is 0 Å². The van der Waals surface area contributed by atoms with E-state index < -0.39 is 0 Å². The monoisotopic (exact) mass is 728 g/mol. The molecule has 12 rings (SSSR count). The van der Waals surface area contributed by atoms with E-state index in [4.69, 9.17) is 15.0 Å². The van der Waals surface area contributed by atoms with Gasteiger partial charge in [-0.05, 0) is 42.5 Å². The molecule has 8 aromatic carbocycles. The summed E-state index contributed by atoms with van der Waals surface area (Å²) in [7, 11) is 0. The van der Waals surface area contributed by atoms with E-state index >= 15 is 0 Å². The molecule has 0 saturated carbocycles. The van der Waals surface area contributed by atoms with E-state index in [1.54, 1.807) is 0 Å². The van der Waals surface area contributed by atoms with Crippen LogP contribution in [0.1, 0.15) is 0 Å². The van der Waals surface area contributed by atoms with Crippen molar-refractivity contribution in [3.05, 3.63) is 194 Å². The summed E-state index contributed by atoms with van der Waals surface area (Å²) in [5.74, 6) is 1.81. The van der Waals surface area contributed by atoms with Crippen LogP contribution < -0.4 is 0 Å². The number of rotatable bonds is 5. The van der Waals surface area contributed by atoms with E-state index in [-0.39, 0.29) is 0 Å². The van der Waals surface area contributed by atoms with Gasteiger partial charge in [0, 0.05) is 49.1 Å². The van der Waals surface area contributed by atoms with Crippen molar-refractivity contribution in [1.82, 2.24) is 28.7 Å². The summed E-state index contributed by atoms with van der Waals surface area (Å²) in [5.41, 5.74) is 10.7. The Labute approximate surface area is 327 Å². The van der Waals surface area contributed by atoms with Gasteiger partial charge in [0.25, 0.3) is 0 Å². The molecule has 266 valence electrons. The fraction of sp³-hybridized carbons (Fsp3) is 0. The quantitative estimate of drug-likeness (QED) is 0.177. The van der Waals surface area contributed by atoms with Gasteiger partial charge in [0.2, 0.25) is 5.95 Å². The number of benzene rings is 8. The molecule has 0 bridgehead atoms. The average Bonchev–Trinajstić information content (AvgIpc) is 3.93. The van der Waals surface area contributed by atoms with Gasteiger partial charge in [-0.3, -0.25) is 4.57 Å². The maximum absolute atomic E-state index is 5.31. The Bertz CT molecular complexity index is 3390. The van der Waals surface area contributed by atoms with Crippen LogP contribution in [0.25, 0.3) is 106 Å². The lowest BCUT2D eigenvalue weighted by molar-refractivity contribution is 0.955. The molecule has 0 fully saturated rings. The van der Waals surface area contributed by atoms with Crippen LogP contribution in [0.4, 0.5) is 0 Å². The number of hydrogen-bond donors (Lipinski definition) is 0. The molecule has 12 aromatic rings. The van der Waals surface area contributed by atoms with Crippen molar-refractivity contribution >= 4 is 65.4 Å². The summed E-state index contributed by atoms with van der Waals surface area (Å²) >= 11 is 0. The molecule has 0 unspecified atom stereocenters. The van der Waals surface area contributed by atoms with Crippen LogP contribution in [0, 0.1) is 0 Å². The predicted molar refractivity (Wildman–Crippen MR) is 234 cm³/mol. The SMILES string of the molecule is c1ccc(-c2nc(-c3ccccc3)nc(-n3c4ccccc4c4cc(-n5c6ccccc6c6ccccc65)c5c(c6ccccc6n5-c5ccccc5)c43)n2)cc1. The Kier molecular flexibility index (Phi) is 6.83. The summed E-state index contributed by atoms with van der Waals surface area (Å²) in [4.78, 5) is 15.7. The second-order valence-corrected chi connectivity index (χ2v) is 14.4. The third kappa shape index (κ3) is 4.68. The first-order valence-electron chi connectivity index (χ1n) is 19.2. The minimum absolute atomic E-state index is 0.566. The molecule has 6 nitrogen and oxygen atoms in total. The Morgan fingerprint density at radius 1 is 0.316 bits per heavy atom. The van der Waals surface area contributed by atoms with E-state index in [0.717, 1.165) is 77.1 Å². The van der Waals surface area contributed by atoms with Crippen LogP contribution in [0.15, 0.2) is 194 Å². The molecule has 0 aliphatic rings. The molecule has 57 heavy (non-hydrogen) atoms. The van der Waals surface area contributed by atoms with Crippen molar-refractivity contribution < 1.29 is 0 Å². The number of nitrogens with zero attached hydrogens (tertiary/aromatic N) is 6. The highest BCUT2D eigenvalue weighted by molar-refractivity contribution is 6.28. The molecule has 0 saturated heterocycles. The van der Waals surface area contributed by atoms with Crippen molar-refractivity contribution in [2.24, 2.45) is 0 Å². The van der Waals surface area contributed by atoms with E-state index in [1.807, 2.05) is 36.4 Å². The van der Waals surface area contributed by atoms with Crippen LogP contribution in [0.3, 0.4) is 0 Å². The second kappa shape index (κ2) is 12.3. The maximum atomic E-state index is 5.31. The van der Waals surface area contributed by atoms with Crippen molar-refractivity contribution in [2.45, 2.75) is 0 Å². The molecular weight excluding hydrogens is 697 g/mol. The molecule has 0 amide bonds. The average molecular weight is 729 g/mol. The Morgan fingerprint density at radius 2 is 0.737 bits per heavy atom. The topological polar surface area (TPSA) is 53.5 Å². The van der Waals surface area contributed by atoms with Gasteiger partial charge >= 0.3 is 0 Å². The molecule has 4 heterocycles. The highest BCUT2D eigenvalue weighted by atomic mass is 15.2. The van der Waals surface area contributed by atoms with Gasteiger partial charge in [0.15, 0.2) is 11.6 Å². The lowest BCUT2D eigenvalue weighted by Crippen LogP contribution is -2.07. The highest BCUT2D eigenvalue weighted by Gasteiger charge is 2.27. The zero-order chi connectivity index (χ0) is 37.5. The van der Waals surface area contributed by atoms with Crippen molar-refractivity contribution in [3.63, 3.8) is 0 Å². The first kappa shape index (κ1) is 31.5. The molecule has 0 aliphatic heterocycles. The van der Waals surface area contributed by atoms with Gasteiger partial charge in [-0.2, -0.15) is 9.97 Å². The first-order chi connectivity index (χ1) is 28.3. The fourth-order valence-electron chi connectivity index (χ4n) is 8.89. The Morgan fingerprint density at radius 3 is 1.28 bits per heavy atom. The largest absolute Gasteiger partial charge is 0.307 e. The summed E-state index contributed by atoms with van der Waals surface area (Å²) < 4.78 is 7.16. The van der Waals surface area contributed by atoms with E-state index in [0.29, 0.717) is 17.6 Å². The third-order valence-corrected chi connectivity index (χ3v) is 11.3. The van der Waals surface area contributed by atoms with Gasteiger partial charge in [-0.1, -0.05) is 152 Å². The lowest BCUT2D eigenvalue weighted by Gasteiger charge is -2.16. The fourth-order valence-corrected chi connectivity index (χ4v) is 8.89. The first-order valence-corrected chi connectivity index (χ1v) is 19.2. The number of aromatic nitrogens is 6. The molecule has 0 atom stereocenters. The molecule has 0 radical (unpaired) electrons. The second-order valence-electron chi connectivity index (χ2n) is 14.4. The summed E-state index contributed by atoms with van der Waals surface area (Å²) in [6.45, 7) is 0. The van der Waals surface area contributed by atoms with Gasteiger partial charge < -0.3 is 9.13 Å². The zero-order valence-corrected chi connectivity index (χ0v) is 30.7. The van der Waals surface area contributed by atoms with Crippen molar-refractivity contribution in [1.29, 1.82) is 0 Å². The normalized spacial score (nSPS) is 11.9. The van der Waals surface area contributed by atoms with Crippen molar-refractivity contribution in [3.8, 4) is 40.1 Å². The summed E-state index contributed by atoms with van der Waals surface area (Å²) in [6, 6.07) is 68.4. The van der Waals surface area contributed by atoms with Gasteiger partial charge in [-0.25, -0.2) is 4.98 Å². The predicted octanol–water partition coefficient (Wildman–Crippen LogP) is 12.5. The number of para-hydroxylation sites is 5. The number of fused-ring (bicyclic) bond motifs is 10. The summed E-state index contributed by atoms with van der Waals surface area (Å²) in [6.07, 6.45) is 0.